The minimum absolute atomic E-state index is 0.263. The van der Waals surface area contributed by atoms with Gasteiger partial charge in [0.2, 0.25) is 0 Å². The minimum atomic E-state index is -1.60. The summed E-state index contributed by atoms with van der Waals surface area (Å²) < 4.78 is 15.7. The lowest BCUT2D eigenvalue weighted by molar-refractivity contribution is 0.117. The third-order valence-electron chi connectivity index (χ3n) is 6.41. The maximum atomic E-state index is 13.9. The molecule has 0 aliphatic heterocycles. The normalized spacial score (nSPS) is 13.1. The van der Waals surface area contributed by atoms with Crippen molar-refractivity contribution < 1.29 is 9.50 Å². The van der Waals surface area contributed by atoms with Crippen LogP contribution in [-0.2, 0) is 25.7 Å². The number of pyridine rings is 1. The van der Waals surface area contributed by atoms with E-state index in [4.69, 9.17) is 11.6 Å². The Morgan fingerprint density at radius 3 is 2.43 bits per heavy atom. The summed E-state index contributed by atoms with van der Waals surface area (Å²) in [6.07, 6.45) is 3.50. The van der Waals surface area contributed by atoms with Gasteiger partial charge in [-0.2, -0.15) is 0 Å². The highest BCUT2D eigenvalue weighted by Crippen LogP contribution is 2.37. The van der Waals surface area contributed by atoms with Crippen LogP contribution in [0.3, 0.4) is 0 Å². The summed E-state index contributed by atoms with van der Waals surface area (Å²) in [5.74, 6) is 0. The maximum absolute atomic E-state index is 13.9. The van der Waals surface area contributed by atoms with E-state index in [0.29, 0.717) is 44.7 Å². The first-order chi connectivity index (χ1) is 16.9. The Bertz CT molecular complexity index is 1560. The number of rotatable bonds is 6. The lowest BCUT2D eigenvalue weighted by Crippen LogP contribution is -2.31. The summed E-state index contributed by atoms with van der Waals surface area (Å²) in [6, 6.07) is 21.5. The first kappa shape index (κ1) is 23.0. The molecule has 3 aromatic carbocycles. The summed E-state index contributed by atoms with van der Waals surface area (Å²) >= 11 is 6.10. The Kier molecular flexibility index (Phi) is 6.01. The van der Waals surface area contributed by atoms with E-state index in [1.807, 2.05) is 30.3 Å². The molecular formula is C28H23ClFN3O2. The van der Waals surface area contributed by atoms with Gasteiger partial charge >= 0.3 is 0 Å². The van der Waals surface area contributed by atoms with Crippen LogP contribution in [0.4, 0.5) is 4.39 Å². The van der Waals surface area contributed by atoms with Crippen molar-refractivity contribution in [2.24, 2.45) is 7.05 Å². The van der Waals surface area contributed by atoms with E-state index in [2.05, 4.69) is 9.97 Å². The Morgan fingerprint density at radius 1 is 1.06 bits per heavy atom. The topological polar surface area (TPSA) is 70.9 Å². The number of fused-ring (bicyclic) bond motifs is 1. The van der Waals surface area contributed by atoms with Gasteiger partial charge in [0.25, 0.3) is 0 Å². The summed E-state index contributed by atoms with van der Waals surface area (Å²) in [5.41, 5.74) is 1.78. The molecule has 0 aliphatic rings. The number of hydrogen-bond acceptors (Lipinski definition) is 3. The molecule has 5 nitrogen and oxygen atoms in total. The highest BCUT2D eigenvalue weighted by atomic mass is 35.5. The van der Waals surface area contributed by atoms with Crippen LogP contribution >= 0.6 is 11.6 Å². The Morgan fingerprint density at radius 2 is 1.77 bits per heavy atom. The number of imidazole rings is 1. The third kappa shape index (κ3) is 4.05. The number of H-pyrrole nitrogens is 1. The number of aryl methyl sites for hydroxylation is 1. The fraction of sp³-hybridized carbons (Fsp3) is 0.143. The number of nitrogens with one attached hydrogen (secondary N) is 1. The first-order valence-electron chi connectivity index (χ1n) is 11.1. The van der Waals surface area contributed by atoms with Gasteiger partial charge in [0, 0.05) is 35.0 Å². The fourth-order valence-electron chi connectivity index (χ4n) is 4.56. The Labute approximate surface area is 206 Å². The number of aromatic nitrogens is 3. The van der Waals surface area contributed by atoms with Crippen molar-refractivity contribution in [2.45, 2.75) is 18.7 Å². The van der Waals surface area contributed by atoms with Crippen LogP contribution in [-0.4, -0.2) is 19.6 Å². The van der Waals surface area contributed by atoms with Crippen LogP contribution in [0, 0.1) is 0 Å². The van der Waals surface area contributed by atoms with Crippen molar-refractivity contribution in [1.82, 2.24) is 14.5 Å². The molecule has 2 N–H and O–H groups in total. The number of halogens is 2. The fourth-order valence-corrected chi connectivity index (χ4v) is 4.69. The van der Waals surface area contributed by atoms with Gasteiger partial charge in [-0.3, -0.25) is 4.79 Å². The first-order valence-corrected chi connectivity index (χ1v) is 11.5. The van der Waals surface area contributed by atoms with Crippen molar-refractivity contribution in [3.05, 3.63) is 134 Å². The van der Waals surface area contributed by atoms with Gasteiger partial charge in [-0.15, -0.1) is 0 Å². The molecule has 0 bridgehead atoms. The van der Waals surface area contributed by atoms with Gasteiger partial charge < -0.3 is 14.7 Å². The zero-order valence-corrected chi connectivity index (χ0v) is 19.8. The predicted octanol–water partition coefficient (Wildman–Crippen LogP) is 5.26. The van der Waals surface area contributed by atoms with Crippen LogP contribution < -0.4 is 5.43 Å². The summed E-state index contributed by atoms with van der Waals surface area (Å²) in [5, 5.41) is 13.1. The summed E-state index contributed by atoms with van der Waals surface area (Å²) in [7, 11) is 1.79. The zero-order valence-electron chi connectivity index (χ0n) is 19.0. The van der Waals surface area contributed by atoms with Gasteiger partial charge in [0.15, 0.2) is 11.0 Å². The van der Waals surface area contributed by atoms with Gasteiger partial charge in [-0.25, -0.2) is 9.37 Å². The lowest BCUT2D eigenvalue weighted by atomic mass is 9.83. The van der Waals surface area contributed by atoms with E-state index in [1.165, 1.54) is 0 Å². The molecule has 7 heteroatoms. The van der Waals surface area contributed by atoms with Crippen molar-refractivity contribution in [2.75, 3.05) is 0 Å². The number of aliphatic hydroxyl groups is 1. The lowest BCUT2D eigenvalue weighted by Gasteiger charge is -2.30. The van der Waals surface area contributed by atoms with Crippen LogP contribution in [0.2, 0.25) is 5.02 Å². The number of benzene rings is 3. The molecule has 2 heterocycles. The largest absolute Gasteiger partial charge is 0.374 e. The van der Waals surface area contributed by atoms with E-state index in [1.54, 1.807) is 66.6 Å². The molecule has 0 saturated carbocycles. The van der Waals surface area contributed by atoms with Gasteiger partial charge in [0.1, 0.15) is 6.67 Å². The smallest absolute Gasteiger partial charge is 0.193 e. The highest BCUT2D eigenvalue weighted by Gasteiger charge is 2.37. The number of hydrogen-bond donors (Lipinski definition) is 2. The molecule has 0 saturated heterocycles. The number of aromatic amines is 1. The van der Waals surface area contributed by atoms with Crippen LogP contribution in [0.5, 0.6) is 0 Å². The molecule has 0 radical (unpaired) electrons. The highest BCUT2D eigenvalue weighted by molar-refractivity contribution is 6.30. The summed E-state index contributed by atoms with van der Waals surface area (Å²) in [4.78, 5) is 20.9. The molecule has 0 fully saturated rings. The molecular weight excluding hydrogens is 465 g/mol. The van der Waals surface area contributed by atoms with E-state index in [0.717, 1.165) is 5.56 Å². The molecule has 5 rings (SSSR count). The average molecular weight is 488 g/mol. The van der Waals surface area contributed by atoms with E-state index < -0.39 is 12.3 Å². The average Bonchev–Trinajstić information content (AvgIpc) is 3.32. The van der Waals surface area contributed by atoms with Crippen molar-refractivity contribution >= 4 is 22.5 Å². The van der Waals surface area contributed by atoms with E-state index >= 15 is 0 Å². The maximum Gasteiger partial charge on any atom is 0.193 e. The molecule has 1 unspecified atom stereocenters. The van der Waals surface area contributed by atoms with Crippen LogP contribution in [0.25, 0.3) is 10.9 Å². The SMILES string of the molecule is Cn1cncc1C(O)(c1ccc(Cl)cc1)c1ccc2[nH]c(CF)c(Cc3ccccc3)c(=O)c2c1. The van der Waals surface area contributed by atoms with E-state index in [-0.39, 0.29) is 11.1 Å². The second-order valence-corrected chi connectivity index (χ2v) is 9.01. The molecule has 0 spiro atoms. The number of alkyl halides is 1. The quantitative estimate of drug-likeness (QED) is 0.343. The monoisotopic (exact) mass is 487 g/mol. The molecule has 5 aromatic rings. The second kappa shape index (κ2) is 9.13. The molecule has 0 aliphatic carbocycles. The predicted molar refractivity (Wildman–Crippen MR) is 135 cm³/mol. The van der Waals surface area contributed by atoms with Crippen LogP contribution in [0.15, 0.2) is 90.1 Å². The van der Waals surface area contributed by atoms with Gasteiger partial charge in [0.05, 0.1) is 23.9 Å². The minimum Gasteiger partial charge on any atom is -0.374 e. The van der Waals surface area contributed by atoms with E-state index in [9.17, 15) is 14.3 Å². The second-order valence-electron chi connectivity index (χ2n) is 8.57. The van der Waals surface area contributed by atoms with Crippen molar-refractivity contribution in [3.63, 3.8) is 0 Å². The molecule has 2 aromatic heterocycles. The summed E-state index contributed by atoms with van der Waals surface area (Å²) in [6.45, 7) is -0.779. The zero-order chi connectivity index (χ0) is 24.6. The van der Waals surface area contributed by atoms with Crippen molar-refractivity contribution in [1.29, 1.82) is 0 Å². The van der Waals surface area contributed by atoms with Gasteiger partial charge in [-0.1, -0.05) is 60.1 Å². The third-order valence-corrected chi connectivity index (χ3v) is 6.66. The standard InChI is InChI=1S/C28H23ClFN3O2/c1-33-17-31-16-26(33)28(35,19-7-10-21(29)11-8-19)20-9-12-24-23(14-20)27(34)22(25(15-30)32-24)13-18-5-3-2-4-6-18/h2-12,14,16-17,35H,13,15H2,1H3,(H,32,34). The van der Waals surface area contributed by atoms with Crippen LogP contribution in [0.1, 0.15) is 33.6 Å². The molecule has 0 amide bonds. The Balaban J connectivity index is 1.73. The molecule has 35 heavy (non-hydrogen) atoms. The Hall–Kier alpha value is -3.74. The van der Waals surface area contributed by atoms with Gasteiger partial charge in [-0.05, 0) is 41.0 Å². The molecule has 1 atom stereocenters. The van der Waals surface area contributed by atoms with Crippen molar-refractivity contribution in [3.8, 4) is 0 Å². The molecule has 176 valence electrons. The number of nitrogens with zero attached hydrogens (tertiary/aromatic N) is 2.